The lowest BCUT2D eigenvalue weighted by atomic mass is 10.3. The molecule has 0 radical (unpaired) electrons. The van der Waals surface area contributed by atoms with E-state index in [0.29, 0.717) is 12.2 Å². The van der Waals surface area contributed by atoms with Crippen LogP contribution in [0.5, 0.6) is 5.75 Å². The maximum absolute atomic E-state index is 10.4. The van der Waals surface area contributed by atoms with Gasteiger partial charge in [0, 0.05) is 12.2 Å². The average molecular weight is 248 g/mol. The van der Waals surface area contributed by atoms with Gasteiger partial charge in [-0.3, -0.25) is 4.55 Å². The van der Waals surface area contributed by atoms with Crippen LogP contribution < -0.4 is 15.0 Å². The van der Waals surface area contributed by atoms with Gasteiger partial charge in [-0.25, -0.2) is 5.43 Å². The Morgan fingerprint density at radius 3 is 2.38 bits per heavy atom. The summed E-state index contributed by atoms with van der Waals surface area (Å²) in [5.74, 6) is 0.00945. The van der Waals surface area contributed by atoms with Crippen molar-refractivity contribution in [1.82, 2.24) is 5.43 Å². The second kappa shape index (κ2) is 5.66. The normalized spacial score (nSPS) is 11.1. The van der Waals surface area contributed by atoms with Crippen molar-refractivity contribution in [2.75, 3.05) is 18.6 Å². The first-order chi connectivity index (χ1) is 7.51. The van der Waals surface area contributed by atoms with E-state index in [4.69, 9.17) is 9.66 Å². The van der Waals surface area contributed by atoms with Crippen molar-refractivity contribution in [2.45, 2.75) is 0 Å². The van der Waals surface area contributed by atoms with Crippen molar-refractivity contribution in [3.05, 3.63) is 24.3 Å². The zero-order chi connectivity index (χ0) is 12.0. The van der Waals surface area contributed by atoms with Gasteiger partial charge in [0.25, 0.3) is 0 Å². The molecule has 0 aromatic heterocycles. The molecule has 0 aliphatic carbocycles. The summed E-state index contributed by atoms with van der Waals surface area (Å²) in [5.41, 5.74) is 6.13. The monoisotopic (exact) mass is 248 g/mol. The van der Waals surface area contributed by atoms with Crippen LogP contribution in [0.4, 0.5) is 5.69 Å². The first kappa shape index (κ1) is 12.7. The van der Waals surface area contributed by atoms with Crippen LogP contribution in [0.15, 0.2) is 24.3 Å². The molecule has 0 aliphatic rings. The van der Waals surface area contributed by atoms with Crippen LogP contribution in [0, 0.1) is 0 Å². The van der Waals surface area contributed by atoms with Crippen LogP contribution in [-0.2, 0) is 10.4 Å². The molecule has 0 amide bonds. The average Bonchev–Trinajstić information content (AvgIpc) is 2.19. The number of rotatable bonds is 6. The molecule has 1 aromatic rings. The van der Waals surface area contributed by atoms with Gasteiger partial charge in [0.05, 0.1) is 6.61 Å². The lowest BCUT2D eigenvalue weighted by molar-refractivity contribution is 0.296. The minimum Gasteiger partial charge on any atom is -0.395 e. The zero-order valence-electron chi connectivity index (χ0n) is 8.25. The van der Waals surface area contributed by atoms with Gasteiger partial charge < -0.3 is 14.7 Å². The third-order valence-electron chi connectivity index (χ3n) is 1.53. The number of aliphatic hydroxyl groups is 1. The molecule has 0 saturated heterocycles. The van der Waals surface area contributed by atoms with Crippen LogP contribution in [0.1, 0.15) is 0 Å². The van der Waals surface area contributed by atoms with Crippen molar-refractivity contribution in [3.8, 4) is 5.75 Å². The molecule has 90 valence electrons. The predicted molar refractivity (Wildman–Crippen MR) is 57.3 cm³/mol. The number of anilines is 1. The Balaban J connectivity index is 2.54. The summed E-state index contributed by atoms with van der Waals surface area (Å²) in [5, 5.41) is 8.50. The maximum Gasteiger partial charge on any atom is 0.446 e. The first-order valence-electron chi connectivity index (χ1n) is 4.38. The Morgan fingerprint density at radius 1 is 1.25 bits per heavy atom. The fourth-order valence-corrected chi connectivity index (χ4v) is 1.29. The molecule has 0 heterocycles. The molecule has 0 atom stereocenters. The van der Waals surface area contributed by atoms with E-state index in [1.165, 1.54) is 12.1 Å². The highest BCUT2D eigenvalue weighted by molar-refractivity contribution is 7.81. The Kier molecular flexibility index (Phi) is 4.50. The molecule has 0 fully saturated rings. The van der Waals surface area contributed by atoms with Gasteiger partial charge in [-0.15, -0.1) is 0 Å². The van der Waals surface area contributed by atoms with E-state index >= 15 is 0 Å². The summed E-state index contributed by atoms with van der Waals surface area (Å²) in [6, 6.07) is 5.84. The Labute approximate surface area is 93.0 Å². The van der Waals surface area contributed by atoms with Crippen LogP contribution >= 0.6 is 0 Å². The number of hydrogen-bond donors (Lipinski definition) is 4. The molecule has 1 aromatic carbocycles. The van der Waals surface area contributed by atoms with E-state index < -0.39 is 10.4 Å². The van der Waals surface area contributed by atoms with Crippen LogP contribution in [0.3, 0.4) is 0 Å². The van der Waals surface area contributed by atoms with Crippen molar-refractivity contribution >= 4 is 16.1 Å². The van der Waals surface area contributed by atoms with Gasteiger partial charge in [-0.05, 0) is 24.3 Å². The molecule has 0 unspecified atom stereocenters. The number of benzene rings is 1. The molecular formula is C8H12N2O5S. The minimum atomic E-state index is -4.48. The summed E-state index contributed by atoms with van der Waals surface area (Å²) < 4.78 is 33.4. The van der Waals surface area contributed by atoms with Gasteiger partial charge >= 0.3 is 10.4 Å². The van der Waals surface area contributed by atoms with Crippen LogP contribution in [0.25, 0.3) is 0 Å². The molecule has 1 rings (SSSR count). The van der Waals surface area contributed by atoms with Crippen molar-refractivity contribution < 1.29 is 22.3 Å². The van der Waals surface area contributed by atoms with E-state index in [2.05, 4.69) is 15.0 Å². The SMILES string of the molecule is O=S(=O)(O)Oc1ccc(NNCCO)cc1. The molecule has 8 heteroatoms. The summed E-state index contributed by atoms with van der Waals surface area (Å²) in [7, 11) is -4.48. The molecule has 7 nitrogen and oxygen atoms in total. The summed E-state index contributed by atoms with van der Waals surface area (Å²) in [4.78, 5) is 0. The third kappa shape index (κ3) is 4.94. The summed E-state index contributed by atoms with van der Waals surface area (Å²) in [6.07, 6.45) is 0. The molecule has 0 saturated carbocycles. The van der Waals surface area contributed by atoms with Gasteiger partial charge in [0.15, 0.2) is 0 Å². The smallest absolute Gasteiger partial charge is 0.395 e. The third-order valence-corrected chi connectivity index (χ3v) is 1.93. The Hall–Kier alpha value is -1.35. The number of aliphatic hydroxyl groups excluding tert-OH is 1. The lowest BCUT2D eigenvalue weighted by Crippen LogP contribution is -2.24. The molecular weight excluding hydrogens is 236 g/mol. The Bertz CT molecular complexity index is 417. The molecule has 4 N–H and O–H groups in total. The predicted octanol–water partition coefficient (Wildman–Crippen LogP) is -0.223. The number of nitrogens with one attached hydrogen (secondary N) is 2. The zero-order valence-corrected chi connectivity index (χ0v) is 9.07. The summed E-state index contributed by atoms with van der Waals surface area (Å²) in [6.45, 7) is 0.375. The fraction of sp³-hybridized carbons (Fsp3) is 0.250. The van der Waals surface area contributed by atoms with Crippen molar-refractivity contribution in [3.63, 3.8) is 0 Å². The standard InChI is InChI=1S/C8H12N2O5S/c11-6-5-9-10-7-1-3-8(4-2-7)15-16(12,13)14/h1-4,9-11H,5-6H2,(H,12,13,14). The van der Waals surface area contributed by atoms with E-state index in [-0.39, 0.29) is 12.4 Å². The fourth-order valence-electron chi connectivity index (χ4n) is 0.936. The van der Waals surface area contributed by atoms with E-state index in [9.17, 15) is 8.42 Å². The van der Waals surface area contributed by atoms with E-state index in [0.717, 1.165) is 0 Å². The minimum absolute atomic E-state index is 0.00303. The lowest BCUT2D eigenvalue weighted by Gasteiger charge is -2.07. The first-order valence-corrected chi connectivity index (χ1v) is 5.74. The molecule has 16 heavy (non-hydrogen) atoms. The van der Waals surface area contributed by atoms with Gasteiger partial charge in [-0.2, -0.15) is 8.42 Å². The largest absolute Gasteiger partial charge is 0.446 e. The van der Waals surface area contributed by atoms with Gasteiger partial charge in [-0.1, -0.05) is 0 Å². The topological polar surface area (TPSA) is 108 Å². The van der Waals surface area contributed by atoms with E-state index in [1.54, 1.807) is 12.1 Å². The highest BCUT2D eigenvalue weighted by Crippen LogP contribution is 2.16. The molecule has 0 spiro atoms. The second-order valence-electron chi connectivity index (χ2n) is 2.81. The van der Waals surface area contributed by atoms with Crippen LogP contribution in [-0.4, -0.2) is 31.2 Å². The quantitative estimate of drug-likeness (QED) is 0.313. The number of hydrogen-bond acceptors (Lipinski definition) is 6. The van der Waals surface area contributed by atoms with Crippen molar-refractivity contribution in [1.29, 1.82) is 0 Å². The van der Waals surface area contributed by atoms with E-state index in [1.807, 2.05) is 0 Å². The van der Waals surface area contributed by atoms with Crippen molar-refractivity contribution in [2.24, 2.45) is 0 Å². The highest BCUT2D eigenvalue weighted by atomic mass is 32.3. The maximum atomic E-state index is 10.4. The molecule has 0 aliphatic heterocycles. The second-order valence-corrected chi connectivity index (χ2v) is 3.83. The Morgan fingerprint density at radius 2 is 1.88 bits per heavy atom. The molecule has 0 bridgehead atoms. The highest BCUT2D eigenvalue weighted by Gasteiger charge is 2.05. The van der Waals surface area contributed by atoms with Gasteiger partial charge in [0.1, 0.15) is 5.75 Å². The number of hydrazine groups is 1. The summed E-state index contributed by atoms with van der Waals surface area (Å²) >= 11 is 0. The van der Waals surface area contributed by atoms with Gasteiger partial charge in [0.2, 0.25) is 0 Å². The van der Waals surface area contributed by atoms with Crippen LogP contribution in [0.2, 0.25) is 0 Å².